The first-order valence-electron chi connectivity index (χ1n) is 9.17. The first kappa shape index (κ1) is 25.0. The summed E-state index contributed by atoms with van der Waals surface area (Å²) < 4.78 is 20.3. The molecule has 1 aromatic rings. The molecule has 1 aliphatic heterocycles. The molecule has 0 atom stereocenters. The van der Waals surface area contributed by atoms with Gasteiger partial charge < -0.3 is 15.4 Å². The molecule has 1 saturated heterocycles. The highest BCUT2D eigenvalue weighted by Crippen LogP contribution is 2.33. The molecule has 1 aliphatic rings. The van der Waals surface area contributed by atoms with Gasteiger partial charge in [0.05, 0.1) is 6.54 Å². The van der Waals surface area contributed by atoms with E-state index in [0.29, 0.717) is 6.42 Å². The second kappa shape index (κ2) is 13.2. The van der Waals surface area contributed by atoms with Gasteiger partial charge in [-0.25, -0.2) is 4.39 Å². The van der Waals surface area contributed by atoms with Crippen LogP contribution >= 0.6 is 51.7 Å². The van der Waals surface area contributed by atoms with Crippen molar-refractivity contribution in [2.45, 2.75) is 37.4 Å². The predicted molar refractivity (Wildman–Crippen MR) is 128 cm³/mol. The van der Waals surface area contributed by atoms with Crippen molar-refractivity contribution in [1.82, 2.24) is 10.6 Å². The third-order valence-corrected chi connectivity index (χ3v) is 6.53. The van der Waals surface area contributed by atoms with Crippen LogP contribution < -0.4 is 10.6 Å². The van der Waals surface area contributed by atoms with E-state index in [1.807, 2.05) is 23.9 Å². The van der Waals surface area contributed by atoms with Crippen LogP contribution in [0.3, 0.4) is 0 Å². The van der Waals surface area contributed by atoms with Gasteiger partial charge >= 0.3 is 0 Å². The monoisotopic (exact) mass is 573 g/mol. The van der Waals surface area contributed by atoms with E-state index in [2.05, 4.69) is 39.7 Å². The average molecular weight is 574 g/mol. The molecule has 2 rings (SSSR count). The second-order valence-corrected chi connectivity index (χ2v) is 8.65. The Morgan fingerprint density at radius 2 is 2.07 bits per heavy atom. The van der Waals surface area contributed by atoms with Gasteiger partial charge in [0.25, 0.3) is 0 Å². The molecule has 0 amide bonds. The predicted octanol–water partition coefficient (Wildman–Crippen LogP) is 4.61. The molecule has 27 heavy (non-hydrogen) atoms. The maximum atomic E-state index is 13.9. The van der Waals surface area contributed by atoms with E-state index in [0.717, 1.165) is 68.1 Å². The Morgan fingerprint density at radius 3 is 2.70 bits per heavy atom. The minimum Gasteiger partial charge on any atom is -0.381 e. The van der Waals surface area contributed by atoms with E-state index >= 15 is 0 Å². The topological polar surface area (TPSA) is 45.7 Å². The van der Waals surface area contributed by atoms with Gasteiger partial charge in [0.1, 0.15) is 5.82 Å². The number of hydrogen-bond acceptors (Lipinski definition) is 3. The van der Waals surface area contributed by atoms with Crippen molar-refractivity contribution >= 4 is 57.6 Å². The molecule has 2 N–H and O–H groups in total. The van der Waals surface area contributed by atoms with Crippen LogP contribution in [-0.2, 0) is 11.2 Å². The van der Waals surface area contributed by atoms with Crippen molar-refractivity contribution in [3.05, 3.63) is 34.1 Å². The highest BCUT2D eigenvalue weighted by molar-refractivity contribution is 14.0. The summed E-state index contributed by atoms with van der Waals surface area (Å²) in [6.07, 6.45) is 5.80. The summed E-state index contributed by atoms with van der Waals surface area (Å²) in [5.41, 5.74) is 0.750. The fourth-order valence-corrected chi connectivity index (χ4v) is 4.05. The lowest BCUT2D eigenvalue weighted by molar-refractivity contribution is 0.0794. The quantitative estimate of drug-likeness (QED) is 0.206. The number of benzene rings is 1. The van der Waals surface area contributed by atoms with Gasteiger partial charge in [0.15, 0.2) is 5.96 Å². The van der Waals surface area contributed by atoms with Crippen LogP contribution in [0.4, 0.5) is 4.39 Å². The Hall–Kier alpha value is -0.0600. The third-order valence-electron chi connectivity index (χ3n) is 4.64. The number of guanidine groups is 1. The molecule has 8 heteroatoms. The Labute approximate surface area is 192 Å². The van der Waals surface area contributed by atoms with Crippen molar-refractivity contribution in [1.29, 1.82) is 0 Å². The van der Waals surface area contributed by atoms with E-state index in [1.54, 1.807) is 0 Å². The summed E-state index contributed by atoms with van der Waals surface area (Å²) in [7, 11) is 0. The van der Waals surface area contributed by atoms with Crippen molar-refractivity contribution in [3.63, 3.8) is 0 Å². The van der Waals surface area contributed by atoms with E-state index in [4.69, 9.17) is 9.73 Å². The first-order valence-corrected chi connectivity index (χ1v) is 11.2. The number of nitrogens with one attached hydrogen (secondary N) is 2. The fourth-order valence-electron chi connectivity index (χ4n) is 2.95. The molecular formula is C19H30BrFIN3OS. The Morgan fingerprint density at radius 1 is 1.33 bits per heavy atom. The molecule has 0 spiro atoms. The molecule has 154 valence electrons. The van der Waals surface area contributed by atoms with E-state index in [-0.39, 0.29) is 34.5 Å². The molecule has 1 heterocycles. The summed E-state index contributed by atoms with van der Waals surface area (Å²) in [6, 6.07) is 5.24. The SMILES string of the molecule is CCNC(=NCC1(SC)CCOCC1)NCCCc1ccc(Br)cc1F.I. The molecule has 0 bridgehead atoms. The standard InChI is InChI=1S/C19H29BrFN3OS.HI/c1-3-22-18(24-14-19(26-2)8-11-25-12-9-19)23-10-4-5-15-6-7-16(20)13-17(15)21;/h6-7,13H,3-5,8-12,14H2,1-2H3,(H2,22,23,24);1H. The number of hydrogen-bond donors (Lipinski definition) is 2. The zero-order valence-corrected chi connectivity index (χ0v) is 20.8. The number of rotatable bonds is 8. The number of ether oxygens (including phenoxy) is 1. The lowest BCUT2D eigenvalue weighted by atomic mass is 9.99. The van der Waals surface area contributed by atoms with Crippen molar-refractivity contribution < 1.29 is 9.13 Å². The van der Waals surface area contributed by atoms with Crippen molar-refractivity contribution in [3.8, 4) is 0 Å². The van der Waals surface area contributed by atoms with Crippen LogP contribution in [0.5, 0.6) is 0 Å². The number of nitrogens with zero attached hydrogens (tertiary/aromatic N) is 1. The third kappa shape index (κ3) is 8.45. The average Bonchev–Trinajstić information content (AvgIpc) is 2.65. The minimum atomic E-state index is -0.152. The maximum Gasteiger partial charge on any atom is 0.191 e. The molecule has 4 nitrogen and oxygen atoms in total. The maximum absolute atomic E-state index is 13.9. The summed E-state index contributed by atoms with van der Waals surface area (Å²) in [5.74, 6) is 0.685. The minimum absolute atomic E-state index is 0. The van der Waals surface area contributed by atoms with Crippen LogP contribution in [0.1, 0.15) is 31.7 Å². The summed E-state index contributed by atoms with van der Waals surface area (Å²) in [4.78, 5) is 4.79. The highest BCUT2D eigenvalue weighted by atomic mass is 127. The lowest BCUT2D eigenvalue weighted by Crippen LogP contribution is -2.41. The Bertz CT molecular complexity index is 600. The Balaban J connectivity index is 0.00000364. The summed E-state index contributed by atoms with van der Waals surface area (Å²) in [6.45, 7) is 6.07. The smallest absolute Gasteiger partial charge is 0.191 e. The number of aliphatic imine (C=N–C) groups is 1. The molecule has 1 aromatic carbocycles. The number of thioether (sulfide) groups is 1. The number of aryl methyl sites for hydroxylation is 1. The molecule has 0 unspecified atom stereocenters. The van der Waals surface area contributed by atoms with Crippen molar-refractivity contribution in [2.75, 3.05) is 39.1 Å². The van der Waals surface area contributed by atoms with Crippen LogP contribution in [0.15, 0.2) is 27.7 Å². The zero-order chi connectivity index (χ0) is 18.8. The van der Waals surface area contributed by atoms with Crippen LogP contribution in [0.2, 0.25) is 0 Å². The molecule has 0 saturated carbocycles. The molecule has 0 radical (unpaired) electrons. The lowest BCUT2D eigenvalue weighted by Gasteiger charge is -2.34. The van der Waals surface area contributed by atoms with Crippen molar-refractivity contribution in [2.24, 2.45) is 4.99 Å². The van der Waals surface area contributed by atoms with E-state index in [1.165, 1.54) is 6.07 Å². The van der Waals surface area contributed by atoms with Gasteiger partial charge in [0, 0.05) is 35.5 Å². The second-order valence-electron chi connectivity index (χ2n) is 6.46. The van der Waals surface area contributed by atoms with Crippen LogP contribution in [0.25, 0.3) is 0 Å². The molecule has 1 fully saturated rings. The van der Waals surface area contributed by atoms with Gasteiger partial charge in [-0.15, -0.1) is 24.0 Å². The van der Waals surface area contributed by atoms with Crippen LogP contribution in [-0.4, -0.2) is 49.8 Å². The molecular weight excluding hydrogens is 544 g/mol. The summed E-state index contributed by atoms with van der Waals surface area (Å²) in [5, 5.41) is 6.67. The Kier molecular flexibility index (Phi) is 12.2. The largest absolute Gasteiger partial charge is 0.381 e. The highest BCUT2D eigenvalue weighted by Gasteiger charge is 2.31. The zero-order valence-electron chi connectivity index (χ0n) is 16.0. The van der Waals surface area contributed by atoms with Gasteiger partial charge in [0.2, 0.25) is 0 Å². The number of halogens is 3. The normalized spacial score (nSPS) is 16.5. The van der Waals surface area contributed by atoms with Gasteiger partial charge in [-0.2, -0.15) is 11.8 Å². The van der Waals surface area contributed by atoms with E-state index < -0.39 is 0 Å². The van der Waals surface area contributed by atoms with Gasteiger partial charge in [-0.1, -0.05) is 22.0 Å². The summed E-state index contributed by atoms with van der Waals surface area (Å²) >= 11 is 5.18. The van der Waals surface area contributed by atoms with E-state index in [9.17, 15) is 4.39 Å². The molecule has 0 aliphatic carbocycles. The molecule has 0 aromatic heterocycles. The van der Waals surface area contributed by atoms with Crippen LogP contribution in [0, 0.1) is 5.82 Å². The first-order chi connectivity index (χ1) is 12.6. The fraction of sp³-hybridized carbons (Fsp3) is 0.632. The van der Waals surface area contributed by atoms with Gasteiger partial charge in [-0.05, 0) is 56.6 Å². The van der Waals surface area contributed by atoms with Gasteiger partial charge in [-0.3, -0.25) is 4.99 Å².